The third-order valence-electron chi connectivity index (χ3n) is 1.20. The zero-order valence-corrected chi connectivity index (χ0v) is 7.36. The molecule has 0 saturated heterocycles. The Morgan fingerprint density at radius 2 is 2.00 bits per heavy atom. The van der Waals surface area contributed by atoms with Crippen LogP contribution in [0.2, 0.25) is 0 Å². The summed E-state index contributed by atoms with van der Waals surface area (Å²) >= 11 is 6.26. The number of carbonyl (C=O) groups excluding carboxylic acids is 1. The van der Waals surface area contributed by atoms with Crippen molar-refractivity contribution < 1.29 is 4.79 Å². The largest absolute Gasteiger partial charge is 0.279 e. The Morgan fingerprint density at radius 1 is 1.36 bits per heavy atom. The highest BCUT2D eigenvalue weighted by Crippen LogP contribution is 2.14. The van der Waals surface area contributed by atoms with E-state index in [1.54, 1.807) is 0 Å². The van der Waals surface area contributed by atoms with Crippen LogP contribution in [0.15, 0.2) is 30.3 Å². The van der Waals surface area contributed by atoms with Gasteiger partial charge in [-0.1, -0.05) is 42.1 Å². The Labute approximate surface area is 74.7 Å². The van der Waals surface area contributed by atoms with E-state index in [0.29, 0.717) is 5.75 Å². The normalized spacial score (nSPS) is 9.55. The molecule has 1 nitrogen and oxygen atoms in total. The quantitative estimate of drug-likeness (QED) is 0.660. The predicted octanol–water partition coefficient (Wildman–Crippen LogP) is 3.28. The zero-order valence-electron chi connectivity index (χ0n) is 5.79. The fourth-order valence-corrected chi connectivity index (χ4v) is 1.35. The summed E-state index contributed by atoms with van der Waals surface area (Å²) < 4.78 is -0.353. The molecule has 3 heteroatoms. The van der Waals surface area contributed by atoms with Crippen molar-refractivity contribution >= 4 is 27.9 Å². The predicted molar refractivity (Wildman–Crippen MR) is 49.0 cm³/mol. The molecule has 0 amide bonds. The maximum Gasteiger partial charge on any atom is 0.279 e. The van der Waals surface area contributed by atoms with Crippen molar-refractivity contribution in [3.63, 3.8) is 0 Å². The maximum absolute atomic E-state index is 10.3. The Kier molecular flexibility index (Phi) is 3.46. The number of carbonyl (C=O) groups is 1. The summed E-state index contributed by atoms with van der Waals surface area (Å²) in [5.74, 6) is 0.656. The molecule has 0 saturated carbocycles. The lowest BCUT2D eigenvalue weighted by Gasteiger charge is -1.94. The molecule has 0 aromatic heterocycles. The van der Waals surface area contributed by atoms with E-state index in [1.807, 2.05) is 30.3 Å². The second kappa shape index (κ2) is 4.42. The molecule has 0 atom stereocenters. The second-order valence-corrected chi connectivity index (χ2v) is 3.53. The van der Waals surface area contributed by atoms with E-state index in [4.69, 9.17) is 11.6 Å². The minimum atomic E-state index is -0.353. The first-order chi connectivity index (χ1) is 5.29. The Bertz CT molecular complexity index is 235. The molecular formula is C8H7ClOS. The molecule has 0 unspecified atom stereocenters. The summed E-state index contributed by atoms with van der Waals surface area (Å²) in [7, 11) is 0. The number of hydrogen-bond donors (Lipinski definition) is 0. The topological polar surface area (TPSA) is 17.1 Å². The molecule has 0 aliphatic rings. The van der Waals surface area contributed by atoms with Crippen molar-refractivity contribution in [1.82, 2.24) is 0 Å². The van der Waals surface area contributed by atoms with Gasteiger partial charge in [-0.25, -0.2) is 0 Å². The van der Waals surface area contributed by atoms with Crippen LogP contribution >= 0.6 is 23.4 Å². The van der Waals surface area contributed by atoms with Crippen LogP contribution < -0.4 is 0 Å². The summed E-state index contributed by atoms with van der Waals surface area (Å²) in [5, 5.41) is 0. The van der Waals surface area contributed by atoms with Gasteiger partial charge in [0.15, 0.2) is 0 Å². The molecule has 0 fully saturated rings. The van der Waals surface area contributed by atoms with E-state index in [2.05, 4.69) is 0 Å². The summed E-state index contributed by atoms with van der Waals surface area (Å²) in [4.78, 5) is 10.3. The molecule has 1 rings (SSSR count). The Balaban J connectivity index is 2.45. The monoisotopic (exact) mass is 186 g/mol. The average molecular weight is 187 g/mol. The van der Waals surface area contributed by atoms with Crippen molar-refractivity contribution in [3.05, 3.63) is 35.9 Å². The van der Waals surface area contributed by atoms with Crippen molar-refractivity contribution in [3.8, 4) is 0 Å². The number of rotatable bonds is 2. The highest BCUT2D eigenvalue weighted by molar-refractivity contribution is 8.15. The SMILES string of the molecule is O=C(Cl)SCc1ccccc1. The molecular weight excluding hydrogens is 180 g/mol. The molecule has 58 valence electrons. The van der Waals surface area contributed by atoms with Gasteiger partial charge in [-0.15, -0.1) is 0 Å². The van der Waals surface area contributed by atoms with Crippen LogP contribution in [0.1, 0.15) is 5.56 Å². The lowest BCUT2D eigenvalue weighted by atomic mass is 10.2. The van der Waals surface area contributed by atoms with Crippen molar-refractivity contribution in [2.24, 2.45) is 0 Å². The van der Waals surface area contributed by atoms with Gasteiger partial charge in [-0.2, -0.15) is 0 Å². The molecule has 0 N–H and O–H groups in total. The van der Waals surface area contributed by atoms with Crippen LogP contribution in [-0.2, 0) is 5.75 Å². The van der Waals surface area contributed by atoms with Gasteiger partial charge in [0.25, 0.3) is 4.57 Å². The van der Waals surface area contributed by atoms with Crippen LogP contribution in [0.5, 0.6) is 0 Å². The summed E-state index contributed by atoms with van der Waals surface area (Å²) in [6, 6.07) is 9.75. The standard InChI is InChI=1S/C8H7ClOS/c9-8(10)11-6-7-4-2-1-3-5-7/h1-5H,6H2. The molecule has 0 heterocycles. The second-order valence-electron chi connectivity index (χ2n) is 2.01. The van der Waals surface area contributed by atoms with Gasteiger partial charge in [-0.3, -0.25) is 4.79 Å². The zero-order chi connectivity index (χ0) is 8.10. The number of halogens is 1. The Morgan fingerprint density at radius 3 is 2.55 bits per heavy atom. The molecule has 0 aliphatic heterocycles. The van der Waals surface area contributed by atoms with Crippen molar-refractivity contribution in [2.75, 3.05) is 0 Å². The van der Waals surface area contributed by atoms with E-state index >= 15 is 0 Å². The molecule has 1 aromatic carbocycles. The van der Waals surface area contributed by atoms with Gasteiger partial charge < -0.3 is 0 Å². The van der Waals surface area contributed by atoms with Crippen LogP contribution in [0.3, 0.4) is 0 Å². The van der Waals surface area contributed by atoms with Crippen LogP contribution in [0.4, 0.5) is 4.79 Å². The first-order valence-electron chi connectivity index (χ1n) is 3.15. The first-order valence-corrected chi connectivity index (χ1v) is 4.51. The van der Waals surface area contributed by atoms with Gasteiger partial charge in [0.1, 0.15) is 0 Å². The van der Waals surface area contributed by atoms with Crippen molar-refractivity contribution in [2.45, 2.75) is 5.75 Å². The van der Waals surface area contributed by atoms with Gasteiger partial charge in [0, 0.05) is 5.75 Å². The fraction of sp³-hybridized carbons (Fsp3) is 0.125. The van der Waals surface area contributed by atoms with Gasteiger partial charge >= 0.3 is 0 Å². The van der Waals surface area contributed by atoms with Gasteiger partial charge in [0.2, 0.25) is 0 Å². The van der Waals surface area contributed by atoms with E-state index in [9.17, 15) is 4.79 Å². The summed E-state index contributed by atoms with van der Waals surface area (Å²) in [5.41, 5.74) is 1.12. The summed E-state index contributed by atoms with van der Waals surface area (Å²) in [6.07, 6.45) is 0. The molecule has 0 bridgehead atoms. The summed E-state index contributed by atoms with van der Waals surface area (Å²) in [6.45, 7) is 0. The highest BCUT2D eigenvalue weighted by atomic mass is 35.5. The lowest BCUT2D eigenvalue weighted by Crippen LogP contribution is -1.80. The number of hydrogen-bond acceptors (Lipinski definition) is 2. The molecule has 0 aliphatic carbocycles. The number of benzene rings is 1. The average Bonchev–Trinajstić information content (AvgIpc) is 2.03. The molecule has 0 spiro atoms. The van der Waals surface area contributed by atoms with E-state index in [1.165, 1.54) is 0 Å². The molecule has 11 heavy (non-hydrogen) atoms. The van der Waals surface area contributed by atoms with Gasteiger partial charge in [0.05, 0.1) is 0 Å². The lowest BCUT2D eigenvalue weighted by molar-refractivity contribution is 0.276. The number of thioether (sulfide) groups is 1. The third-order valence-corrected chi connectivity index (χ3v) is 2.23. The van der Waals surface area contributed by atoms with Gasteiger partial charge in [-0.05, 0) is 17.2 Å². The maximum atomic E-state index is 10.3. The van der Waals surface area contributed by atoms with Crippen LogP contribution in [0.25, 0.3) is 0 Å². The minimum Gasteiger partial charge on any atom is -0.268 e. The highest BCUT2D eigenvalue weighted by Gasteiger charge is 1.96. The molecule has 0 radical (unpaired) electrons. The van der Waals surface area contributed by atoms with E-state index in [-0.39, 0.29) is 4.57 Å². The first kappa shape index (κ1) is 8.62. The van der Waals surface area contributed by atoms with E-state index in [0.717, 1.165) is 17.3 Å². The minimum absolute atomic E-state index is 0.353. The third kappa shape index (κ3) is 3.44. The Hall–Kier alpha value is -0.470. The fourth-order valence-electron chi connectivity index (χ4n) is 0.714. The smallest absolute Gasteiger partial charge is 0.268 e. The van der Waals surface area contributed by atoms with E-state index < -0.39 is 0 Å². The van der Waals surface area contributed by atoms with Crippen molar-refractivity contribution in [1.29, 1.82) is 0 Å². The van der Waals surface area contributed by atoms with Crippen LogP contribution in [0, 0.1) is 0 Å². The molecule has 1 aromatic rings. The van der Waals surface area contributed by atoms with Crippen LogP contribution in [-0.4, -0.2) is 4.57 Å².